The van der Waals surface area contributed by atoms with E-state index in [2.05, 4.69) is 27.7 Å². The van der Waals surface area contributed by atoms with Gasteiger partial charge in [0.1, 0.15) is 0 Å². The van der Waals surface area contributed by atoms with E-state index < -0.39 is 0 Å². The second-order valence-electron chi connectivity index (χ2n) is 7.65. The van der Waals surface area contributed by atoms with Gasteiger partial charge in [-0.15, -0.1) is 0 Å². The molecule has 0 spiro atoms. The fourth-order valence-corrected chi connectivity index (χ4v) is 2.94. The minimum absolute atomic E-state index is 0.307. The molecule has 0 aromatic carbocycles. The Labute approximate surface area is 133 Å². The van der Waals surface area contributed by atoms with E-state index in [1.807, 2.05) is 0 Å². The summed E-state index contributed by atoms with van der Waals surface area (Å²) in [5.41, 5.74) is 0. The van der Waals surface area contributed by atoms with E-state index in [0.717, 1.165) is 26.1 Å². The van der Waals surface area contributed by atoms with E-state index in [1.165, 1.54) is 51.4 Å². The van der Waals surface area contributed by atoms with Crippen molar-refractivity contribution in [2.45, 2.75) is 97.7 Å². The number of hydrogen-bond acceptors (Lipinski definition) is 2. The highest BCUT2D eigenvalue weighted by Crippen LogP contribution is 2.31. The Morgan fingerprint density at radius 2 is 0.952 bits per heavy atom. The summed E-state index contributed by atoms with van der Waals surface area (Å²) < 4.78 is 12.7. The van der Waals surface area contributed by atoms with E-state index >= 15 is 0 Å². The first-order chi connectivity index (χ1) is 10.0. The average Bonchev–Trinajstić information content (AvgIpc) is 2.48. The van der Waals surface area contributed by atoms with Crippen LogP contribution in [0.4, 0.5) is 0 Å². The predicted octanol–water partition coefficient (Wildman–Crippen LogP) is 5.94. The van der Waals surface area contributed by atoms with Crippen LogP contribution in [0.15, 0.2) is 0 Å². The fraction of sp³-hybridized carbons (Fsp3) is 1.00. The number of hydrogen-bond donors (Lipinski definition) is 0. The van der Waals surface area contributed by atoms with Gasteiger partial charge in [-0.3, -0.25) is 0 Å². The lowest BCUT2D eigenvalue weighted by Crippen LogP contribution is -2.38. The molecule has 1 aliphatic rings. The van der Waals surface area contributed by atoms with Gasteiger partial charge in [0.15, 0.2) is 5.79 Å². The van der Waals surface area contributed by atoms with Crippen LogP contribution >= 0.6 is 0 Å². The van der Waals surface area contributed by atoms with Crippen LogP contribution in [0.1, 0.15) is 91.9 Å². The van der Waals surface area contributed by atoms with Crippen LogP contribution in [0.3, 0.4) is 0 Å². The predicted molar refractivity (Wildman–Crippen MR) is 90.5 cm³/mol. The van der Waals surface area contributed by atoms with Crippen molar-refractivity contribution in [3.63, 3.8) is 0 Å². The van der Waals surface area contributed by atoms with Gasteiger partial charge in [-0.1, -0.05) is 66.2 Å². The molecule has 0 heterocycles. The highest BCUT2D eigenvalue weighted by Gasteiger charge is 2.31. The van der Waals surface area contributed by atoms with Crippen molar-refractivity contribution < 1.29 is 9.47 Å². The summed E-state index contributed by atoms with van der Waals surface area (Å²) >= 11 is 0. The van der Waals surface area contributed by atoms with Gasteiger partial charge in [0, 0.05) is 12.8 Å². The summed E-state index contributed by atoms with van der Waals surface area (Å²) in [5.74, 6) is 0.837. The first-order valence-corrected chi connectivity index (χ1v) is 9.32. The van der Waals surface area contributed by atoms with E-state index in [0.29, 0.717) is 11.8 Å². The highest BCUT2D eigenvalue weighted by atomic mass is 16.7. The molecule has 2 heteroatoms. The molecule has 0 radical (unpaired) electrons. The maximum Gasteiger partial charge on any atom is 0.168 e. The van der Waals surface area contributed by atoms with Crippen LogP contribution < -0.4 is 0 Å². The van der Waals surface area contributed by atoms with Gasteiger partial charge in [-0.05, 0) is 24.7 Å². The summed E-state index contributed by atoms with van der Waals surface area (Å²) in [6.07, 6.45) is 12.9. The van der Waals surface area contributed by atoms with Crippen molar-refractivity contribution in [2.75, 3.05) is 13.2 Å². The molecule has 0 N–H and O–H groups in total. The van der Waals surface area contributed by atoms with Crippen molar-refractivity contribution in [3.05, 3.63) is 0 Å². The first kappa shape index (κ1) is 19.0. The lowest BCUT2D eigenvalue weighted by molar-refractivity contribution is -0.254. The molecule has 1 aliphatic carbocycles. The summed E-state index contributed by atoms with van der Waals surface area (Å²) in [5, 5.41) is 0. The van der Waals surface area contributed by atoms with Crippen LogP contribution in [0, 0.1) is 11.8 Å². The molecule has 21 heavy (non-hydrogen) atoms. The van der Waals surface area contributed by atoms with Crippen molar-refractivity contribution >= 4 is 0 Å². The Morgan fingerprint density at radius 3 is 1.29 bits per heavy atom. The van der Waals surface area contributed by atoms with Crippen molar-refractivity contribution in [1.82, 2.24) is 0 Å². The molecule has 1 fully saturated rings. The van der Waals surface area contributed by atoms with E-state index in [-0.39, 0.29) is 5.79 Å². The van der Waals surface area contributed by atoms with Crippen LogP contribution in [0.5, 0.6) is 0 Å². The molecule has 0 saturated heterocycles. The quantitative estimate of drug-likeness (QED) is 0.565. The topological polar surface area (TPSA) is 18.5 Å². The molecule has 0 aromatic rings. The number of rotatable bonds is 6. The molecule has 0 aliphatic heterocycles. The van der Waals surface area contributed by atoms with E-state index in [4.69, 9.17) is 9.47 Å². The molecular formula is C19H38O2. The summed E-state index contributed by atoms with van der Waals surface area (Å²) in [6, 6.07) is 0. The minimum Gasteiger partial charge on any atom is -0.350 e. The lowest BCUT2D eigenvalue weighted by Gasteiger charge is -2.35. The molecule has 0 amide bonds. The second-order valence-corrected chi connectivity index (χ2v) is 7.65. The molecule has 1 saturated carbocycles. The first-order valence-electron chi connectivity index (χ1n) is 9.32. The Bertz CT molecular complexity index is 222. The van der Waals surface area contributed by atoms with Crippen LogP contribution in [0.25, 0.3) is 0 Å². The zero-order valence-corrected chi connectivity index (χ0v) is 15.0. The molecule has 0 unspecified atom stereocenters. The summed E-state index contributed by atoms with van der Waals surface area (Å²) in [4.78, 5) is 0. The highest BCUT2D eigenvalue weighted by molar-refractivity contribution is 4.73. The molecule has 1 rings (SSSR count). The van der Waals surface area contributed by atoms with Gasteiger partial charge in [-0.2, -0.15) is 0 Å². The third-order valence-electron chi connectivity index (χ3n) is 4.22. The molecule has 0 bridgehead atoms. The molecular weight excluding hydrogens is 260 g/mol. The van der Waals surface area contributed by atoms with Crippen LogP contribution in [-0.2, 0) is 9.47 Å². The van der Waals surface area contributed by atoms with Gasteiger partial charge >= 0.3 is 0 Å². The van der Waals surface area contributed by atoms with Crippen LogP contribution in [0.2, 0.25) is 0 Å². The molecule has 2 nitrogen and oxygen atoms in total. The Morgan fingerprint density at radius 1 is 0.619 bits per heavy atom. The third-order valence-corrected chi connectivity index (χ3v) is 4.22. The van der Waals surface area contributed by atoms with Crippen molar-refractivity contribution in [1.29, 1.82) is 0 Å². The molecule has 0 atom stereocenters. The van der Waals surface area contributed by atoms with Gasteiger partial charge < -0.3 is 9.47 Å². The summed E-state index contributed by atoms with van der Waals surface area (Å²) in [7, 11) is 0. The maximum absolute atomic E-state index is 6.33. The van der Waals surface area contributed by atoms with Crippen molar-refractivity contribution in [2.24, 2.45) is 11.8 Å². The lowest BCUT2D eigenvalue weighted by atomic mass is 10.0. The maximum atomic E-state index is 6.33. The number of ether oxygens (including phenoxy) is 2. The van der Waals surface area contributed by atoms with Gasteiger partial charge in [0.25, 0.3) is 0 Å². The monoisotopic (exact) mass is 298 g/mol. The SMILES string of the molecule is CC(C)COC1(OCC(C)C)CCCCCCCCCC1. The molecule has 126 valence electrons. The fourth-order valence-electron chi connectivity index (χ4n) is 2.94. The standard InChI is InChI=1S/C19H38O2/c1-17(2)15-20-19(21-16-18(3)4)13-11-9-7-5-6-8-10-12-14-19/h17-18H,5-16H2,1-4H3. The average molecular weight is 299 g/mol. The Balaban J connectivity index is 2.65. The van der Waals surface area contributed by atoms with Gasteiger partial charge in [0.2, 0.25) is 0 Å². The Hall–Kier alpha value is -0.0800. The zero-order valence-electron chi connectivity index (χ0n) is 15.0. The van der Waals surface area contributed by atoms with Gasteiger partial charge in [0.05, 0.1) is 13.2 Å². The smallest absolute Gasteiger partial charge is 0.168 e. The molecule has 0 aromatic heterocycles. The Kier molecular flexibility index (Phi) is 9.59. The third kappa shape index (κ3) is 8.83. The summed E-state index contributed by atoms with van der Waals surface area (Å²) in [6.45, 7) is 10.5. The largest absolute Gasteiger partial charge is 0.350 e. The van der Waals surface area contributed by atoms with E-state index in [1.54, 1.807) is 0 Å². The normalized spacial score (nSPS) is 21.4. The van der Waals surface area contributed by atoms with Crippen LogP contribution in [-0.4, -0.2) is 19.0 Å². The zero-order chi connectivity index (χ0) is 15.6. The second kappa shape index (κ2) is 10.6. The minimum atomic E-state index is -0.307. The van der Waals surface area contributed by atoms with Gasteiger partial charge in [-0.25, -0.2) is 0 Å². The van der Waals surface area contributed by atoms with E-state index in [9.17, 15) is 0 Å². The van der Waals surface area contributed by atoms with Crippen molar-refractivity contribution in [3.8, 4) is 0 Å².